The zero-order chi connectivity index (χ0) is 21.2. The maximum Gasteiger partial charge on any atom is 0.131 e. The third-order valence-corrected chi connectivity index (χ3v) is 6.70. The second kappa shape index (κ2) is 6.52. The summed E-state index contributed by atoms with van der Waals surface area (Å²) >= 11 is 0. The van der Waals surface area contributed by atoms with E-state index in [-0.39, 0.29) is 11.5 Å². The molecule has 1 aliphatic carbocycles. The number of hydrogen-bond acceptors (Lipinski definition) is 2. The van der Waals surface area contributed by atoms with Crippen molar-refractivity contribution in [2.75, 3.05) is 7.11 Å². The first-order valence-electron chi connectivity index (χ1n) is 10.8. The van der Waals surface area contributed by atoms with Gasteiger partial charge in [0.2, 0.25) is 0 Å². The zero-order valence-corrected chi connectivity index (χ0v) is 18.1. The minimum Gasteiger partial charge on any atom is -0.497 e. The summed E-state index contributed by atoms with van der Waals surface area (Å²) in [7, 11) is 1.70. The molecule has 0 spiro atoms. The maximum atomic E-state index is 6.58. The molecule has 4 aromatic rings. The third kappa shape index (κ3) is 2.66. The molecule has 0 saturated heterocycles. The molecule has 1 aromatic heterocycles. The monoisotopic (exact) mass is 407 g/mol. The van der Waals surface area contributed by atoms with E-state index in [9.17, 15) is 0 Å². The predicted molar refractivity (Wildman–Crippen MR) is 126 cm³/mol. The van der Waals surface area contributed by atoms with Crippen LogP contribution in [-0.2, 0) is 6.54 Å². The van der Waals surface area contributed by atoms with Crippen LogP contribution in [0.4, 0.5) is 0 Å². The second-order valence-corrected chi connectivity index (χ2v) is 8.99. The summed E-state index contributed by atoms with van der Waals surface area (Å²) in [6.07, 6.45) is 2.39. The first-order valence-corrected chi connectivity index (χ1v) is 10.8. The average Bonchev–Trinajstić information content (AvgIpc) is 3.31. The van der Waals surface area contributed by atoms with Gasteiger partial charge in [0.25, 0.3) is 0 Å². The molecule has 0 N–H and O–H groups in total. The fourth-order valence-corrected chi connectivity index (χ4v) is 5.38. The summed E-state index contributed by atoms with van der Waals surface area (Å²) in [4.78, 5) is 0. The normalized spacial score (nSPS) is 18.0. The molecular weight excluding hydrogens is 382 g/mol. The second-order valence-electron chi connectivity index (χ2n) is 8.99. The van der Waals surface area contributed by atoms with Gasteiger partial charge >= 0.3 is 0 Å². The highest BCUT2D eigenvalue weighted by atomic mass is 16.5. The van der Waals surface area contributed by atoms with E-state index in [1.807, 2.05) is 12.1 Å². The van der Waals surface area contributed by atoms with Crippen LogP contribution in [0.15, 0.2) is 72.8 Å². The molecule has 0 bridgehead atoms. The van der Waals surface area contributed by atoms with Crippen LogP contribution in [-0.4, -0.2) is 17.3 Å². The number of benzene rings is 3. The number of fused-ring (bicyclic) bond motifs is 7. The highest BCUT2D eigenvalue weighted by Gasteiger charge is 2.47. The lowest BCUT2D eigenvalue weighted by atomic mass is 9.77. The Kier molecular flexibility index (Phi) is 3.85. The van der Waals surface area contributed by atoms with Crippen molar-refractivity contribution < 1.29 is 9.47 Å². The van der Waals surface area contributed by atoms with Crippen LogP contribution in [0.3, 0.4) is 0 Å². The number of nitrogens with zero attached hydrogens (tertiary/aromatic N) is 1. The van der Waals surface area contributed by atoms with E-state index in [4.69, 9.17) is 9.47 Å². The number of para-hydroxylation sites is 1. The molecule has 0 radical (unpaired) electrons. The molecule has 3 heteroatoms. The van der Waals surface area contributed by atoms with Crippen molar-refractivity contribution >= 4 is 22.6 Å². The van der Waals surface area contributed by atoms with Crippen LogP contribution < -0.4 is 9.47 Å². The van der Waals surface area contributed by atoms with Gasteiger partial charge < -0.3 is 14.0 Å². The van der Waals surface area contributed by atoms with Crippen LogP contribution >= 0.6 is 0 Å². The number of methoxy groups -OCH3 is 1. The van der Waals surface area contributed by atoms with Crippen LogP contribution in [0.5, 0.6) is 11.5 Å². The summed E-state index contributed by atoms with van der Waals surface area (Å²) in [5, 5.41) is 1.32. The molecule has 3 aromatic carbocycles. The molecular formula is C28H25NO2. The van der Waals surface area contributed by atoms with Gasteiger partial charge in [-0.05, 0) is 54.8 Å². The molecule has 0 amide bonds. The van der Waals surface area contributed by atoms with E-state index >= 15 is 0 Å². The number of rotatable bonds is 3. The molecule has 31 heavy (non-hydrogen) atoms. The van der Waals surface area contributed by atoms with Gasteiger partial charge in [0.1, 0.15) is 17.1 Å². The molecule has 154 valence electrons. The first-order chi connectivity index (χ1) is 15.1. The van der Waals surface area contributed by atoms with Crippen molar-refractivity contribution in [3.8, 4) is 11.5 Å². The maximum absolute atomic E-state index is 6.58. The summed E-state index contributed by atoms with van der Waals surface area (Å²) in [6.45, 7) is 5.25. The summed E-state index contributed by atoms with van der Waals surface area (Å²) in [5.74, 6) is 1.91. The first kappa shape index (κ1) is 18.3. The van der Waals surface area contributed by atoms with E-state index < -0.39 is 0 Å². The van der Waals surface area contributed by atoms with Crippen molar-refractivity contribution in [3.63, 3.8) is 0 Å². The zero-order valence-electron chi connectivity index (χ0n) is 18.1. The SMILES string of the molecule is COc1ccc2c(c1)OC(C)(C)C1C2=Cc2c1c1ccccc1n2Cc1ccccc1. The molecule has 1 atom stereocenters. The van der Waals surface area contributed by atoms with Crippen LogP contribution in [0.2, 0.25) is 0 Å². The quantitative estimate of drug-likeness (QED) is 0.387. The van der Waals surface area contributed by atoms with E-state index in [0.717, 1.165) is 23.6 Å². The average molecular weight is 408 g/mol. The lowest BCUT2D eigenvalue weighted by Crippen LogP contribution is -2.39. The Labute approximate surface area is 182 Å². The Morgan fingerprint density at radius 2 is 1.74 bits per heavy atom. The van der Waals surface area contributed by atoms with Gasteiger partial charge in [-0.3, -0.25) is 0 Å². The molecule has 0 fully saturated rings. The van der Waals surface area contributed by atoms with Crippen molar-refractivity contribution in [2.45, 2.75) is 31.9 Å². The van der Waals surface area contributed by atoms with Gasteiger partial charge in [0.15, 0.2) is 0 Å². The number of hydrogen-bond donors (Lipinski definition) is 0. The van der Waals surface area contributed by atoms with Crippen LogP contribution in [0.25, 0.3) is 22.6 Å². The smallest absolute Gasteiger partial charge is 0.131 e. The highest BCUT2D eigenvalue weighted by molar-refractivity contribution is 6.02. The number of ether oxygens (including phenoxy) is 2. The minimum absolute atomic E-state index is 0.185. The van der Waals surface area contributed by atoms with Gasteiger partial charge in [-0.15, -0.1) is 0 Å². The van der Waals surface area contributed by atoms with Gasteiger partial charge in [-0.25, -0.2) is 0 Å². The molecule has 2 aliphatic rings. The molecule has 6 rings (SSSR count). The molecule has 2 heterocycles. The van der Waals surface area contributed by atoms with Crippen molar-refractivity contribution in [1.82, 2.24) is 4.57 Å². The van der Waals surface area contributed by atoms with Crippen molar-refractivity contribution in [2.24, 2.45) is 0 Å². The van der Waals surface area contributed by atoms with E-state index in [2.05, 4.69) is 85.2 Å². The van der Waals surface area contributed by atoms with Crippen LogP contribution in [0.1, 0.15) is 42.1 Å². The Morgan fingerprint density at radius 3 is 2.55 bits per heavy atom. The van der Waals surface area contributed by atoms with Gasteiger partial charge in [0, 0.05) is 34.8 Å². The Balaban J connectivity index is 1.60. The predicted octanol–water partition coefficient (Wildman–Crippen LogP) is 6.51. The standard InChI is InChI=1S/C28H25NO2/c1-28(2)27-22(20-14-13-19(30-3)15-25(20)31-28)16-24-26(27)21-11-7-8-12-23(21)29(24)17-18-9-5-4-6-10-18/h4-16,27H,17H2,1-3H3. The fourth-order valence-electron chi connectivity index (χ4n) is 5.38. The topological polar surface area (TPSA) is 23.4 Å². The summed E-state index contributed by atoms with van der Waals surface area (Å²) in [6, 6.07) is 25.6. The van der Waals surface area contributed by atoms with Gasteiger partial charge in [0.05, 0.1) is 13.0 Å². The van der Waals surface area contributed by atoms with Crippen molar-refractivity contribution in [3.05, 3.63) is 95.2 Å². The minimum atomic E-state index is -0.363. The Hall–Kier alpha value is -3.46. The summed E-state index contributed by atoms with van der Waals surface area (Å²) in [5.41, 5.74) is 7.41. The van der Waals surface area contributed by atoms with Gasteiger partial charge in [-0.2, -0.15) is 0 Å². The largest absolute Gasteiger partial charge is 0.497 e. The highest BCUT2D eigenvalue weighted by Crippen LogP contribution is 2.57. The lowest BCUT2D eigenvalue weighted by molar-refractivity contribution is 0.0893. The van der Waals surface area contributed by atoms with Crippen LogP contribution in [0, 0.1) is 0 Å². The fraction of sp³-hybridized carbons (Fsp3) is 0.214. The summed E-state index contributed by atoms with van der Waals surface area (Å²) < 4.78 is 14.5. The lowest BCUT2D eigenvalue weighted by Gasteiger charge is -2.40. The molecule has 1 aliphatic heterocycles. The molecule has 3 nitrogen and oxygen atoms in total. The number of aromatic nitrogens is 1. The Morgan fingerprint density at radius 1 is 0.968 bits per heavy atom. The van der Waals surface area contributed by atoms with E-state index in [1.54, 1.807) is 7.11 Å². The molecule has 0 saturated carbocycles. The van der Waals surface area contributed by atoms with Gasteiger partial charge in [-0.1, -0.05) is 48.5 Å². The molecule has 1 unspecified atom stereocenters. The van der Waals surface area contributed by atoms with Crippen molar-refractivity contribution in [1.29, 1.82) is 0 Å². The Bertz CT molecular complexity index is 1340. The third-order valence-electron chi connectivity index (χ3n) is 6.70. The van der Waals surface area contributed by atoms with E-state index in [1.165, 1.54) is 33.3 Å². The van der Waals surface area contributed by atoms with E-state index in [0.29, 0.717) is 0 Å².